The average molecular weight is 405 g/mol. The van der Waals surface area contributed by atoms with Crippen LogP contribution in [0, 0.1) is 5.41 Å². The summed E-state index contributed by atoms with van der Waals surface area (Å²) >= 11 is 0. The Balaban J connectivity index is 1.63. The summed E-state index contributed by atoms with van der Waals surface area (Å²) in [6.07, 6.45) is 3.29. The minimum absolute atomic E-state index is 0.157. The lowest BCUT2D eigenvalue weighted by Crippen LogP contribution is -2.30. The number of aromatic nitrogens is 2. The maximum absolute atomic E-state index is 9.06. The summed E-state index contributed by atoms with van der Waals surface area (Å²) in [7, 11) is 0. The summed E-state index contributed by atoms with van der Waals surface area (Å²) in [4.78, 5) is 4.59. The van der Waals surface area contributed by atoms with Crippen LogP contribution in [0.25, 0.3) is 10.8 Å². The van der Waals surface area contributed by atoms with Gasteiger partial charge in [0.2, 0.25) is 5.88 Å². The Labute approximate surface area is 178 Å². The lowest BCUT2D eigenvalue weighted by molar-refractivity contribution is 0.420. The Hall–Kier alpha value is -4.12. The molecule has 1 N–H and O–H groups in total. The van der Waals surface area contributed by atoms with Crippen LogP contribution in [-0.4, -0.2) is 9.55 Å². The molecule has 5 heteroatoms. The van der Waals surface area contributed by atoms with Crippen LogP contribution in [0.5, 0.6) is 11.6 Å². The molecule has 150 valence electrons. The summed E-state index contributed by atoms with van der Waals surface area (Å²) in [6.45, 7) is 0.440. The van der Waals surface area contributed by atoms with Gasteiger partial charge in [-0.3, -0.25) is 5.41 Å². The molecule has 6 rings (SSSR count). The molecule has 3 aromatic carbocycles. The van der Waals surface area contributed by atoms with Gasteiger partial charge in [0.1, 0.15) is 23.3 Å². The molecule has 0 fully saturated rings. The van der Waals surface area contributed by atoms with Gasteiger partial charge in [-0.15, -0.1) is 0 Å². The molecule has 5 aromatic rings. The van der Waals surface area contributed by atoms with Crippen molar-refractivity contribution < 1.29 is 9.15 Å². The van der Waals surface area contributed by atoms with E-state index in [0.29, 0.717) is 17.9 Å². The zero-order valence-corrected chi connectivity index (χ0v) is 16.7. The van der Waals surface area contributed by atoms with Crippen molar-refractivity contribution in [3.8, 4) is 11.6 Å². The topological polar surface area (TPSA) is 64.0 Å². The van der Waals surface area contributed by atoms with E-state index in [1.165, 1.54) is 0 Å². The van der Waals surface area contributed by atoms with Crippen LogP contribution >= 0.6 is 0 Å². The first kappa shape index (κ1) is 17.7. The summed E-state index contributed by atoms with van der Waals surface area (Å²) in [5.74, 6) is 1.89. The molecule has 0 saturated carbocycles. The Morgan fingerprint density at radius 1 is 0.871 bits per heavy atom. The molecule has 0 bridgehead atoms. The average Bonchev–Trinajstić information content (AvgIpc) is 3.33. The fraction of sp³-hybridized carbons (Fsp3) is 0.0769. The molecule has 1 aliphatic heterocycles. The van der Waals surface area contributed by atoms with Crippen LogP contribution in [0.4, 0.5) is 0 Å². The number of fused-ring (bicyclic) bond motifs is 4. The van der Waals surface area contributed by atoms with Gasteiger partial charge in [0, 0.05) is 11.5 Å². The molecule has 1 aliphatic rings. The van der Waals surface area contributed by atoms with Crippen molar-refractivity contribution >= 4 is 10.8 Å². The van der Waals surface area contributed by atoms with Gasteiger partial charge in [0.05, 0.1) is 18.4 Å². The number of hydrogen-bond donors (Lipinski definition) is 1. The molecule has 2 aromatic heterocycles. The number of furan rings is 1. The van der Waals surface area contributed by atoms with Crippen LogP contribution in [0.2, 0.25) is 0 Å². The van der Waals surface area contributed by atoms with Crippen molar-refractivity contribution in [3.05, 3.63) is 119 Å². The van der Waals surface area contributed by atoms with Crippen LogP contribution in [-0.2, 0) is 6.54 Å². The van der Waals surface area contributed by atoms with E-state index in [0.717, 1.165) is 39.0 Å². The molecular formula is C26H19N3O2. The lowest BCUT2D eigenvalue weighted by Gasteiger charge is -2.29. The fourth-order valence-electron chi connectivity index (χ4n) is 4.43. The van der Waals surface area contributed by atoms with Crippen LogP contribution < -0.4 is 10.2 Å². The van der Waals surface area contributed by atoms with E-state index in [2.05, 4.69) is 35.3 Å². The second-order valence-electron chi connectivity index (χ2n) is 7.66. The van der Waals surface area contributed by atoms with Crippen LogP contribution in [0.3, 0.4) is 0 Å². The second kappa shape index (κ2) is 6.99. The normalized spacial score (nSPS) is 14.6. The summed E-state index contributed by atoms with van der Waals surface area (Å²) in [5, 5.41) is 11.3. The number of rotatable bonds is 3. The number of nitrogens with zero attached hydrogens (tertiary/aromatic N) is 2. The molecule has 1 atom stereocenters. The maximum Gasteiger partial charge on any atom is 0.228 e. The third-order valence-electron chi connectivity index (χ3n) is 5.84. The van der Waals surface area contributed by atoms with Gasteiger partial charge in [0.25, 0.3) is 0 Å². The Morgan fingerprint density at radius 2 is 1.71 bits per heavy atom. The van der Waals surface area contributed by atoms with Gasteiger partial charge in [-0.25, -0.2) is 4.98 Å². The zero-order valence-electron chi connectivity index (χ0n) is 16.7. The summed E-state index contributed by atoms with van der Waals surface area (Å²) in [5.41, 5.74) is 3.32. The number of nitrogens with one attached hydrogen (secondary N) is 1. The van der Waals surface area contributed by atoms with E-state index in [1.807, 2.05) is 48.5 Å². The van der Waals surface area contributed by atoms with E-state index < -0.39 is 0 Å². The van der Waals surface area contributed by atoms with Crippen molar-refractivity contribution in [3.63, 3.8) is 0 Å². The minimum atomic E-state index is -0.157. The fourth-order valence-corrected chi connectivity index (χ4v) is 4.43. The first-order chi connectivity index (χ1) is 15.3. The molecule has 0 unspecified atom stereocenters. The number of benzene rings is 3. The van der Waals surface area contributed by atoms with E-state index >= 15 is 0 Å². The second-order valence-corrected chi connectivity index (χ2v) is 7.66. The van der Waals surface area contributed by atoms with Gasteiger partial charge < -0.3 is 13.7 Å². The highest BCUT2D eigenvalue weighted by atomic mass is 16.5. The number of ether oxygens (including phenoxy) is 1. The van der Waals surface area contributed by atoms with E-state index in [1.54, 1.807) is 17.2 Å². The van der Waals surface area contributed by atoms with Crippen molar-refractivity contribution in [2.45, 2.75) is 12.5 Å². The molecule has 0 radical (unpaired) electrons. The van der Waals surface area contributed by atoms with Crippen molar-refractivity contribution in [1.82, 2.24) is 9.55 Å². The Kier molecular flexibility index (Phi) is 3.99. The van der Waals surface area contributed by atoms with Gasteiger partial charge in [-0.05, 0) is 34.5 Å². The number of hydrogen-bond acceptors (Lipinski definition) is 4. The van der Waals surface area contributed by atoms with Crippen molar-refractivity contribution in [2.24, 2.45) is 0 Å². The standard InChI is InChI=1S/C26H19N3O2/c27-25-24-22(18-8-2-1-3-9-18)23-20-11-5-4-7-17(20)12-13-21(23)31-26(24)28-16-29(25)15-19-10-6-14-30-19/h1-14,16,22,27H,15H2/t22-/m1/s1. The molecule has 5 nitrogen and oxygen atoms in total. The van der Waals surface area contributed by atoms with Gasteiger partial charge in [-0.1, -0.05) is 60.7 Å². The molecule has 3 heterocycles. The van der Waals surface area contributed by atoms with Crippen molar-refractivity contribution in [1.29, 1.82) is 5.41 Å². The van der Waals surface area contributed by atoms with E-state index in [9.17, 15) is 0 Å². The molecular weight excluding hydrogens is 386 g/mol. The monoisotopic (exact) mass is 405 g/mol. The van der Waals surface area contributed by atoms with Crippen molar-refractivity contribution in [2.75, 3.05) is 0 Å². The zero-order chi connectivity index (χ0) is 20.8. The summed E-state index contributed by atoms with van der Waals surface area (Å²) in [6, 6.07) is 26.4. The third-order valence-corrected chi connectivity index (χ3v) is 5.84. The van der Waals surface area contributed by atoms with Gasteiger partial charge >= 0.3 is 0 Å². The highest BCUT2D eigenvalue weighted by Gasteiger charge is 2.33. The molecule has 0 spiro atoms. The summed E-state index contributed by atoms with van der Waals surface area (Å²) < 4.78 is 13.5. The van der Waals surface area contributed by atoms with Gasteiger partial charge in [-0.2, -0.15) is 0 Å². The predicted molar refractivity (Wildman–Crippen MR) is 117 cm³/mol. The maximum atomic E-state index is 9.06. The predicted octanol–water partition coefficient (Wildman–Crippen LogP) is 5.44. The molecule has 0 saturated heterocycles. The Morgan fingerprint density at radius 3 is 2.55 bits per heavy atom. The molecule has 31 heavy (non-hydrogen) atoms. The van der Waals surface area contributed by atoms with E-state index in [4.69, 9.17) is 14.6 Å². The first-order valence-corrected chi connectivity index (χ1v) is 10.2. The van der Waals surface area contributed by atoms with Crippen LogP contribution in [0.15, 0.2) is 95.9 Å². The highest BCUT2D eigenvalue weighted by Crippen LogP contribution is 2.47. The lowest BCUT2D eigenvalue weighted by atomic mass is 9.81. The Bertz CT molecular complexity index is 1450. The quantitative estimate of drug-likeness (QED) is 0.426. The molecule has 0 amide bonds. The smallest absolute Gasteiger partial charge is 0.228 e. The molecule has 0 aliphatic carbocycles. The largest absolute Gasteiger partial charge is 0.467 e. The minimum Gasteiger partial charge on any atom is -0.467 e. The van der Waals surface area contributed by atoms with Gasteiger partial charge in [0.15, 0.2) is 0 Å². The highest BCUT2D eigenvalue weighted by molar-refractivity contribution is 5.90. The first-order valence-electron chi connectivity index (χ1n) is 10.2. The SMILES string of the molecule is N=c1c2c(ncn1Cc1ccco1)Oc1ccc3ccccc3c1[C@H]2c1ccccc1. The van der Waals surface area contributed by atoms with E-state index in [-0.39, 0.29) is 5.92 Å². The third kappa shape index (κ3) is 2.86. The van der Waals surface area contributed by atoms with Crippen LogP contribution in [0.1, 0.15) is 28.4 Å².